The fourth-order valence-corrected chi connectivity index (χ4v) is 0.862. The first kappa shape index (κ1) is 11.0. The molecular weight excluding hydrogens is 144 g/mol. The number of rotatable bonds is 4. The third-order valence-electron chi connectivity index (χ3n) is 1.61. The first-order valence-corrected chi connectivity index (χ1v) is 4.20. The molecular formula is C12H18. The second-order valence-corrected chi connectivity index (χ2v) is 3.11. The van der Waals surface area contributed by atoms with E-state index in [0.717, 1.165) is 17.6 Å². The Morgan fingerprint density at radius 2 is 1.83 bits per heavy atom. The van der Waals surface area contributed by atoms with Crippen LogP contribution in [0, 0.1) is 0 Å². The van der Waals surface area contributed by atoms with Crippen molar-refractivity contribution in [3.8, 4) is 0 Å². The van der Waals surface area contributed by atoms with E-state index in [1.807, 2.05) is 26.0 Å². The van der Waals surface area contributed by atoms with Gasteiger partial charge in [-0.2, -0.15) is 0 Å². The Labute approximate surface area is 76.0 Å². The minimum absolute atomic E-state index is 0.903. The molecule has 0 radical (unpaired) electrons. The molecule has 0 rings (SSSR count). The van der Waals surface area contributed by atoms with Crippen molar-refractivity contribution >= 4 is 0 Å². The van der Waals surface area contributed by atoms with Gasteiger partial charge >= 0.3 is 0 Å². The standard InChI is InChI=1S/C12H18/c1-6-7-8-11(4)12(5)9-10(2)3/h6-8H,2,5,9H2,1,3-4H3/b7-6-,11-8+. The summed E-state index contributed by atoms with van der Waals surface area (Å²) in [4.78, 5) is 0. The normalized spacial score (nSPS) is 12.1. The summed E-state index contributed by atoms with van der Waals surface area (Å²) in [6, 6.07) is 0. The van der Waals surface area contributed by atoms with Crippen molar-refractivity contribution in [2.24, 2.45) is 0 Å². The van der Waals surface area contributed by atoms with Gasteiger partial charge in [-0.1, -0.05) is 37.0 Å². The lowest BCUT2D eigenvalue weighted by molar-refractivity contribution is 1.13. The lowest BCUT2D eigenvalue weighted by Gasteiger charge is -2.03. The molecule has 0 nitrogen and oxygen atoms in total. The maximum atomic E-state index is 3.98. The van der Waals surface area contributed by atoms with E-state index in [-0.39, 0.29) is 0 Å². The van der Waals surface area contributed by atoms with E-state index in [0.29, 0.717) is 0 Å². The Kier molecular flexibility index (Phi) is 5.11. The van der Waals surface area contributed by atoms with E-state index >= 15 is 0 Å². The van der Waals surface area contributed by atoms with Crippen molar-refractivity contribution in [1.29, 1.82) is 0 Å². The Balaban J connectivity index is 4.19. The molecule has 0 aliphatic heterocycles. The van der Waals surface area contributed by atoms with Gasteiger partial charge in [0.05, 0.1) is 0 Å². The van der Waals surface area contributed by atoms with Crippen LogP contribution in [-0.4, -0.2) is 0 Å². The second-order valence-electron chi connectivity index (χ2n) is 3.11. The molecule has 0 saturated heterocycles. The highest BCUT2D eigenvalue weighted by Crippen LogP contribution is 2.15. The molecule has 0 atom stereocenters. The zero-order valence-corrected chi connectivity index (χ0v) is 8.35. The summed E-state index contributed by atoms with van der Waals surface area (Å²) < 4.78 is 0. The van der Waals surface area contributed by atoms with Crippen LogP contribution in [0.2, 0.25) is 0 Å². The van der Waals surface area contributed by atoms with Crippen LogP contribution in [0.3, 0.4) is 0 Å². The van der Waals surface area contributed by atoms with E-state index in [1.165, 1.54) is 5.57 Å². The van der Waals surface area contributed by atoms with Gasteiger partial charge in [0.1, 0.15) is 0 Å². The van der Waals surface area contributed by atoms with Crippen molar-refractivity contribution in [3.63, 3.8) is 0 Å². The molecule has 0 amide bonds. The van der Waals surface area contributed by atoms with Gasteiger partial charge in [-0.25, -0.2) is 0 Å². The van der Waals surface area contributed by atoms with Crippen molar-refractivity contribution in [2.45, 2.75) is 27.2 Å². The van der Waals surface area contributed by atoms with Gasteiger partial charge in [0, 0.05) is 0 Å². The molecule has 0 aromatic rings. The molecule has 0 spiro atoms. The molecule has 0 saturated carbocycles. The highest BCUT2D eigenvalue weighted by atomic mass is 14.0. The monoisotopic (exact) mass is 162 g/mol. The highest BCUT2D eigenvalue weighted by Gasteiger charge is 1.95. The van der Waals surface area contributed by atoms with Gasteiger partial charge < -0.3 is 0 Å². The highest BCUT2D eigenvalue weighted by molar-refractivity contribution is 5.32. The summed E-state index contributed by atoms with van der Waals surface area (Å²) in [6.07, 6.45) is 7.02. The zero-order chi connectivity index (χ0) is 9.56. The fraction of sp³-hybridized carbons (Fsp3) is 0.333. The Morgan fingerprint density at radius 3 is 2.25 bits per heavy atom. The topological polar surface area (TPSA) is 0 Å². The molecule has 0 N–H and O–H groups in total. The fourth-order valence-electron chi connectivity index (χ4n) is 0.862. The summed E-state index contributed by atoms with van der Waals surface area (Å²) in [5, 5.41) is 0. The van der Waals surface area contributed by atoms with E-state index in [4.69, 9.17) is 0 Å². The van der Waals surface area contributed by atoms with Crippen molar-refractivity contribution in [1.82, 2.24) is 0 Å². The number of allylic oxidation sites excluding steroid dienone is 6. The predicted molar refractivity (Wildman–Crippen MR) is 57.1 cm³/mol. The van der Waals surface area contributed by atoms with E-state index < -0.39 is 0 Å². The van der Waals surface area contributed by atoms with Crippen LogP contribution in [0.15, 0.2) is 48.1 Å². The third-order valence-corrected chi connectivity index (χ3v) is 1.61. The summed E-state index contributed by atoms with van der Waals surface area (Å²) >= 11 is 0. The minimum Gasteiger partial charge on any atom is -0.0998 e. The van der Waals surface area contributed by atoms with Gasteiger partial charge in [-0.05, 0) is 38.3 Å². The SMILES string of the molecule is C=C(C)CC(=C)/C(C)=C/C=C\C. The second kappa shape index (κ2) is 5.59. The van der Waals surface area contributed by atoms with Gasteiger partial charge in [-0.15, -0.1) is 0 Å². The van der Waals surface area contributed by atoms with Crippen LogP contribution >= 0.6 is 0 Å². The smallest absolute Gasteiger partial charge is 0.00758 e. The summed E-state index contributed by atoms with van der Waals surface area (Å²) in [6.45, 7) is 13.9. The molecule has 0 aliphatic carbocycles. The maximum absolute atomic E-state index is 3.98. The molecule has 12 heavy (non-hydrogen) atoms. The van der Waals surface area contributed by atoms with Gasteiger partial charge in [-0.3, -0.25) is 0 Å². The molecule has 0 bridgehead atoms. The largest absolute Gasteiger partial charge is 0.0998 e. The first-order valence-electron chi connectivity index (χ1n) is 4.20. The molecule has 0 aliphatic rings. The van der Waals surface area contributed by atoms with Crippen molar-refractivity contribution in [3.05, 3.63) is 48.1 Å². The van der Waals surface area contributed by atoms with Crippen LogP contribution < -0.4 is 0 Å². The van der Waals surface area contributed by atoms with Gasteiger partial charge in [0.25, 0.3) is 0 Å². The average Bonchev–Trinajstić information content (AvgIpc) is 1.98. The van der Waals surface area contributed by atoms with Crippen molar-refractivity contribution in [2.75, 3.05) is 0 Å². The summed E-state index contributed by atoms with van der Waals surface area (Å²) in [5.74, 6) is 0. The predicted octanol–water partition coefficient (Wildman–Crippen LogP) is 4.03. The van der Waals surface area contributed by atoms with Crippen molar-refractivity contribution < 1.29 is 0 Å². The summed E-state index contributed by atoms with van der Waals surface area (Å²) in [5.41, 5.74) is 3.55. The van der Waals surface area contributed by atoms with E-state index in [9.17, 15) is 0 Å². The number of hydrogen-bond acceptors (Lipinski definition) is 0. The maximum Gasteiger partial charge on any atom is -0.00758 e. The Hall–Kier alpha value is -1.04. The lowest BCUT2D eigenvalue weighted by Crippen LogP contribution is -1.84. The van der Waals surface area contributed by atoms with Crippen LogP contribution in [-0.2, 0) is 0 Å². The molecule has 0 aromatic heterocycles. The quantitative estimate of drug-likeness (QED) is 0.432. The first-order chi connectivity index (χ1) is 5.57. The Morgan fingerprint density at radius 1 is 1.25 bits per heavy atom. The Bertz CT molecular complexity index is 226. The molecule has 0 heteroatoms. The number of hydrogen-bond donors (Lipinski definition) is 0. The molecule has 0 fully saturated rings. The molecule has 0 unspecified atom stereocenters. The third kappa shape index (κ3) is 4.73. The van der Waals surface area contributed by atoms with Crippen LogP contribution in [0.25, 0.3) is 0 Å². The van der Waals surface area contributed by atoms with Crippen LogP contribution in [0.4, 0.5) is 0 Å². The molecule has 0 heterocycles. The average molecular weight is 162 g/mol. The molecule has 0 aromatic carbocycles. The summed E-state index contributed by atoms with van der Waals surface area (Å²) in [7, 11) is 0. The zero-order valence-electron chi connectivity index (χ0n) is 8.35. The van der Waals surface area contributed by atoms with Gasteiger partial charge in [0.2, 0.25) is 0 Å². The van der Waals surface area contributed by atoms with Crippen LogP contribution in [0.5, 0.6) is 0 Å². The van der Waals surface area contributed by atoms with E-state index in [2.05, 4.69) is 26.2 Å². The molecule has 66 valence electrons. The van der Waals surface area contributed by atoms with Gasteiger partial charge in [0.15, 0.2) is 0 Å². The lowest BCUT2D eigenvalue weighted by atomic mass is 10.0. The van der Waals surface area contributed by atoms with E-state index in [1.54, 1.807) is 0 Å². The van der Waals surface area contributed by atoms with Crippen LogP contribution in [0.1, 0.15) is 27.2 Å². The minimum atomic E-state index is 0.903.